The van der Waals surface area contributed by atoms with E-state index in [9.17, 15) is 79.2 Å². The first kappa shape index (κ1) is 48.5. The summed E-state index contributed by atoms with van der Waals surface area (Å²) in [6.07, 6.45) is -26.5. The number of phosphoric acid groups is 2. The van der Waals surface area contributed by atoms with Crippen LogP contribution in [0.2, 0.25) is 0 Å². The summed E-state index contributed by atoms with van der Waals surface area (Å²) in [7, 11) is -11.1. The number of nitrogens with zero attached hydrogens (tertiary/aromatic N) is 2. The fourth-order valence-corrected chi connectivity index (χ4v) is 7.57. The summed E-state index contributed by atoms with van der Waals surface area (Å²) in [5, 5.41) is 101. The molecule has 2 amide bonds. The molecule has 0 aromatic carbocycles. The molecule has 16 atom stereocenters. The van der Waals surface area contributed by atoms with Gasteiger partial charge in [0, 0.05) is 26.1 Å². The fraction of sp³-hybridized carbons (Fsp3) is 0.750. The van der Waals surface area contributed by atoms with Crippen LogP contribution in [0, 0.1) is 0 Å². The second-order valence-electron chi connectivity index (χ2n) is 13.6. The van der Waals surface area contributed by atoms with Gasteiger partial charge in [0.05, 0.1) is 44.0 Å². The number of anilines is 1. The minimum Gasteiger partial charge on any atom is -0.756 e. The summed E-state index contributed by atoms with van der Waals surface area (Å²) >= 11 is 0. The Kier molecular flexibility index (Phi) is 15.9. The second kappa shape index (κ2) is 19.3. The Bertz CT molecular complexity index is 1820. The average Bonchev–Trinajstić information content (AvgIpc) is 3.41. The first-order chi connectivity index (χ1) is 27.3. The quantitative estimate of drug-likeness (QED) is 0.0646. The molecule has 0 radical (unpaired) electrons. The zero-order chi connectivity index (χ0) is 44.4. The number of aromatic nitrogens is 2. The molecule has 0 bridgehead atoms. The molecule has 1 aromatic rings. The molecule has 31 heteroatoms. The molecule has 3 saturated heterocycles. The number of nitrogens with two attached hydrogens (primary N) is 1. The van der Waals surface area contributed by atoms with Gasteiger partial charge in [-0.05, 0) is 6.07 Å². The van der Waals surface area contributed by atoms with E-state index in [2.05, 4.69) is 29.2 Å². The molecule has 14 N–H and O–H groups in total. The van der Waals surface area contributed by atoms with Crippen molar-refractivity contribution in [3.63, 3.8) is 0 Å². The normalized spacial score (nSPS) is 35.9. The highest BCUT2D eigenvalue weighted by Gasteiger charge is 2.54. The van der Waals surface area contributed by atoms with Gasteiger partial charge in [-0.3, -0.25) is 27.8 Å². The lowest BCUT2D eigenvalue weighted by Crippen LogP contribution is -2.69. The third-order valence-electron chi connectivity index (χ3n) is 9.22. The van der Waals surface area contributed by atoms with Gasteiger partial charge in [-0.2, -0.15) is 4.98 Å². The van der Waals surface area contributed by atoms with Crippen molar-refractivity contribution in [1.29, 1.82) is 0 Å². The van der Waals surface area contributed by atoms with Crippen LogP contribution in [0.25, 0.3) is 0 Å². The first-order valence-electron chi connectivity index (χ1n) is 17.2. The molecular formula is C28H43N5O24P2-2. The van der Waals surface area contributed by atoms with Crippen LogP contribution < -0.4 is 32.1 Å². The van der Waals surface area contributed by atoms with Gasteiger partial charge in [-0.1, -0.05) is 0 Å². The third kappa shape index (κ3) is 12.0. The summed E-state index contributed by atoms with van der Waals surface area (Å²) in [5.41, 5.74) is 4.41. The van der Waals surface area contributed by atoms with E-state index in [4.69, 9.17) is 29.7 Å². The van der Waals surface area contributed by atoms with Crippen LogP contribution in [-0.2, 0) is 51.3 Å². The molecule has 29 nitrogen and oxygen atoms in total. The lowest BCUT2D eigenvalue weighted by Gasteiger charge is -2.50. The molecule has 0 aliphatic carbocycles. The van der Waals surface area contributed by atoms with E-state index < -0.39 is 163 Å². The summed E-state index contributed by atoms with van der Waals surface area (Å²) in [6.45, 7) is -2.21. The number of carboxylic acid groups (broad SMARTS) is 1. The number of ether oxygens (including phenoxy) is 3. The Labute approximate surface area is 330 Å². The van der Waals surface area contributed by atoms with E-state index in [-0.39, 0.29) is 5.82 Å². The van der Waals surface area contributed by atoms with Crippen molar-refractivity contribution in [2.75, 3.05) is 25.5 Å². The first-order valence-corrected chi connectivity index (χ1v) is 20.1. The molecule has 1 aromatic heterocycles. The lowest BCUT2D eigenvalue weighted by atomic mass is 9.88. The molecule has 336 valence electrons. The number of aliphatic carboxylic acids is 1. The lowest BCUT2D eigenvalue weighted by molar-refractivity contribution is -0.377. The number of nitrogen functional groups attached to an aromatic ring is 1. The Balaban J connectivity index is 1.44. The highest BCUT2D eigenvalue weighted by atomic mass is 31.2. The molecule has 3 aliphatic heterocycles. The van der Waals surface area contributed by atoms with Gasteiger partial charge in [-0.15, -0.1) is 0 Å². The van der Waals surface area contributed by atoms with Gasteiger partial charge in [-0.25, -0.2) is 9.36 Å². The number of hydrogen-bond acceptors (Lipinski definition) is 24. The van der Waals surface area contributed by atoms with E-state index in [1.807, 2.05) is 0 Å². The van der Waals surface area contributed by atoms with Crippen molar-refractivity contribution in [2.24, 2.45) is 0 Å². The largest absolute Gasteiger partial charge is 0.756 e. The molecule has 4 rings (SSSR count). The number of rotatable bonds is 17. The maximum absolute atomic E-state index is 13.0. The predicted octanol–water partition coefficient (Wildman–Crippen LogP) is -9.77. The number of carboxylic acids is 1. The zero-order valence-electron chi connectivity index (χ0n) is 30.3. The van der Waals surface area contributed by atoms with Gasteiger partial charge in [0.25, 0.3) is 7.82 Å². The number of nitrogens with one attached hydrogen (secondary N) is 2. The van der Waals surface area contributed by atoms with Crippen molar-refractivity contribution in [1.82, 2.24) is 20.2 Å². The second-order valence-corrected chi connectivity index (χ2v) is 16.2. The van der Waals surface area contributed by atoms with Gasteiger partial charge >= 0.3 is 13.5 Å². The standard InChI is InChI=1S/C28H45N5O24P2/c1-9(34)31-17-10(35)5-28(26(44)45,57-59(50,51)53-8-14-21(41)23(43)25(55-14)33-3-2-15(29)32-27(33)46)56-24(17)18(38)11(36)6-30-16(37)4-12-19(39)22(42)20(40)13(54-12)7-52-58(47,48)49/h2-3,10-14,17-25,35-36,38-43H,4-8H2,1H3,(H,30,37)(H,31,34)(H,44,45)(H,50,51)(H2,29,32,46)(H2,47,48,49)/p-2/t10?,11-,12-,13?,14?,17?,18-,19?,20-,21?,22-,23?,24?,25?,28?/m1/s1. The summed E-state index contributed by atoms with van der Waals surface area (Å²) in [4.78, 5) is 83.6. The van der Waals surface area contributed by atoms with Crippen molar-refractivity contribution in [2.45, 2.75) is 111 Å². The van der Waals surface area contributed by atoms with E-state index in [1.54, 1.807) is 0 Å². The van der Waals surface area contributed by atoms with E-state index in [0.717, 1.165) is 23.8 Å². The number of amides is 2. The topological polar surface area (TPSA) is 474 Å². The minimum atomic E-state index is -5.99. The number of hydrogen-bond donors (Lipinski definition) is 13. The fourth-order valence-electron chi connectivity index (χ4n) is 6.29. The number of carbonyl (C=O) groups is 3. The van der Waals surface area contributed by atoms with Crippen molar-refractivity contribution in [3.8, 4) is 0 Å². The van der Waals surface area contributed by atoms with Crippen LogP contribution in [0.1, 0.15) is 26.0 Å². The number of aliphatic hydroxyl groups excluding tert-OH is 8. The maximum atomic E-state index is 13.0. The van der Waals surface area contributed by atoms with E-state index in [1.165, 1.54) is 0 Å². The Morgan fingerprint density at radius 3 is 2.19 bits per heavy atom. The van der Waals surface area contributed by atoms with Crippen LogP contribution in [0.3, 0.4) is 0 Å². The Morgan fingerprint density at radius 1 is 1.00 bits per heavy atom. The minimum absolute atomic E-state index is 0.194. The van der Waals surface area contributed by atoms with Crippen molar-refractivity contribution >= 4 is 39.2 Å². The highest BCUT2D eigenvalue weighted by molar-refractivity contribution is 7.46. The molecule has 3 fully saturated rings. The Hall–Kier alpha value is -3.13. The number of aliphatic hydroxyl groups is 8. The van der Waals surface area contributed by atoms with Crippen LogP contribution in [-0.4, -0.2) is 183 Å². The van der Waals surface area contributed by atoms with Gasteiger partial charge in [0.1, 0.15) is 66.7 Å². The monoisotopic (exact) mass is 895 g/mol. The third-order valence-corrected chi connectivity index (χ3v) is 10.7. The molecule has 3 aliphatic rings. The SMILES string of the molecule is CC(=O)NC1C(O)CC(OP(=O)([O-])OCC2OC(n3ccc(N)nc3=O)C(O)C2O)(C(=O)[O-])OC1[C@H](O)[C@H](O)CNC(=O)C[C@H]1OC(COP(=O)(O)O)[C@@H](O)[C@H](O)C1O. The molecule has 0 saturated carbocycles. The van der Waals surface area contributed by atoms with Gasteiger partial charge in [0.15, 0.2) is 6.23 Å². The van der Waals surface area contributed by atoms with E-state index in [0.29, 0.717) is 0 Å². The number of phosphoric ester groups is 2. The van der Waals surface area contributed by atoms with Crippen LogP contribution in [0.4, 0.5) is 5.82 Å². The summed E-state index contributed by atoms with van der Waals surface area (Å²) in [6, 6.07) is -0.663. The average molecular weight is 896 g/mol. The van der Waals surface area contributed by atoms with Gasteiger partial charge < -0.3 is 101 Å². The molecule has 4 heterocycles. The van der Waals surface area contributed by atoms with E-state index >= 15 is 0 Å². The van der Waals surface area contributed by atoms with Crippen LogP contribution in [0.5, 0.6) is 0 Å². The molecule has 11 unspecified atom stereocenters. The highest BCUT2D eigenvalue weighted by Crippen LogP contribution is 2.48. The van der Waals surface area contributed by atoms with Crippen LogP contribution >= 0.6 is 15.6 Å². The summed E-state index contributed by atoms with van der Waals surface area (Å²) in [5.74, 6) is -8.26. The van der Waals surface area contributed by atoms with Gasteiger partial charge in [0.2, 0.25) is 17.6 Å². The molecule has 0 spiro atoms. The van der Waals surface area contributed by atoms with Crippen molar-refractivity contribution < 1.29 is 112 Å². The molecular weight excluding hydrogens is 852 g/mol. The maximum Gasteiger partial charge on any atom is 0.469 e. The molecule has 59 heavy (non-hydrogen) atoms. The number of carbonyl (C=O) groups excluding carboxylic acids is 3. The summed E-state index contributed by atoms with van der Waals surface area (Å²) < 4.78 is 54.3. The predicted molar refractivity (Wildman–Crippen MR) is 179 cm³/mol. The van der Waals surface area contributed by atoms with Crippen LogP contribution in [0.15, 0.2) is 17.1 Å². The zero-order valence-corrected chi connectivity index (χ0v) is 32.1. The smallest absolute Gasteiger partial charge is 0.469 e. The van der Waals surface area contributed by atoms with Crippen molar-refractivity contribution in [3.05, 3.63) is 22.7 Å². The Morgan fingerprint density at radius 2 is 1.59 bits per heavy atom.